The molecule has 1 aromatic heterocycles. The molecule has 4 nitrogen and oxygen atoms in total. The van der Waals surface area contributed by atoms with E-state index in [1.807, 2.05) is 0 Å². The molecule has 5 heteroatoms. The van der Waals surface area contributed by atoms with Gasteiger partial charge in [0.15, 0.2) is 0 Å². The smallest absolute Gasteiger partial charge is 0.272 e. The highest BCUT2D eigenvalue weighted by Gasteiger charge is 2.14. The lowest BCUT2D eigenvalue weighted by molar-refractivity contribution is 0.0726. The molecule has 1 N–H and O–H groups in total. The second kappa shape index (κ2) is 5.41. The molecule has 0 aliphatic rings. The Hall–Kier alpha value is -1.49. The van der Waals surface area contributed by atoms with E-state index in [1.165, 1.54) is 17.0 Å². The van der Waals surface area contributed by atoms with Crippen molar-refractivity contribution in [1.29, 1.82) is 0 Å². The van der Waals surface area contributed by atoms with Crippen LogP contribution >= 0.6 is 0 Å². The fourth-order valence-corrected chi connectivity index (χ4v) is 1.19. The molecular formula is C10H13FN2O2. The van der Waals surface area contributed by atoms with Gasteiger partial charge in [-0.3, -0.25) is 4.79 Å². The average molecular weight is 212 g/mol. The average Bonchev–Trinajstić information content (AvgIpc) is 2.26. The van der Waals surface area contributed by atoms with Gasteiger partial charge in [0.05, 0.1) is 12.8 Å². The van der Waals surface area contributed by atoms with Crippen molar-refractivity contribution in [2.45, 2.75) is 6.92 Å². The summed E-state index contributed by atoms with van der Waals surface area (Å²) in [6.07, 6.45) is 1.00. The number of halogens is 1. The third-order valence-corrected chi connectivity index (χ3v) is 1.99. The normalized spacial score (nSPS) is 10.1. The van der Waals surface area contributed by atoms with E-state index in [-0.39, 0.29) is 24.8 Å². The van der Waals surface area contributed by atoms with Crippen molar-refractivity contribution in [2.24, 2.45) is 0 Å². The molecule has 1 heterocycles. The molecular weight excluding hydrogens is 199 g/mol. The lowest BCUT2D eigenvalue weighted by atomic mass is 10.3. The first-order chi connectivity index (χ1) is 7.19. The zero-order valence-corrected chi connectivity index (χ0v) is 8.48. The molecule has 1 amide bonds. The van der Waals surface area contributed by atoms with Crippen molar-refractivity contribution < 1.29 is 14.3 Å². The molecule has 0 atom stereocenters. The van der Waals surface area contributed by atoms with Crippen molar-refractivity contribution in [1.82, 2.24) is 9.88 Å². The summed E-state index contributed by atoms with van der Waals surface area (Å²) in [5.41, 5.74) is 0.187. The molecule has 0 aliphatic carbocycles. The highest BCUT2D eigenvalue weighted by Crippen LogP contribution is 2.02. The van der Waals surface area contributed by atoms with Crippen LogP contribution in [0.3, 0.4) is 0 Å². The summed E-state index contributed by atoms with van der Waals surface area (Å²) in [6.45, 7) is 2.45. The Morgan fingerprint density at radius 1 is 1.60 bits per heavy atom. The van der Waals surface area contributed by atoms with Crippen molar-refractivity contribution in [2.75, 3.05) is 19.7 Å². The summed E-state index contributed by atoms with van der Waals surface area (Å²) in [7, 11) is 0. The number of hydrogen-bond acceptors (Lipinski definition) is 3. The Morgan fingerprint density at radius 2 is 2.33 bits per heavy atom. The fraction of sp³-hybridized carbons (Fsp3) is 0.400. The van der Waals surface area contributed by atoms with E-state index in [4.69, 9.17) is 5.11 Å². The molecule has 0 saturated heterocycles. The summed E-state index contributed by atoms with van der Waals surface area (Å²) in [4.78, 5) is 16.8. The number of carbonyl (C=O) groups excluding carboxylic acids is 1. The summed E-state index contributed by atoms with van der Waals surface area (Å²) < 4.78 is 12.6. The van der Waals surface area contributed by atoms with E-state index in [2.05, 4.69) is 4.98 Å². The van der Waals surface area contributed by atoms with Crippen LogP contribution in [0.2, 0.25) is 0 Å². The van der Waals surface area contributed by atoms with Gasteiger partial charge < -0.3 is 10.0 Å². The maximum atomic E-state index is 12.6. The molecule has 1 rings (SSSR count). The molecule has 0 bridgehead atoms. The molecule has 0 aliphatic heterocycles. The van der Waals surface area contributed by atoms with E-state index in [0.29, 0.717) is 6.54 Å². The summed E-state index contributed by atoms with van der Waals surface area (Å²) >= 11 is 0. The molecule has 0 spiro atoms. The van der Waals surface area contributed by atoms with Crippen LogP contribution in [0, 0.1) is 5.82 Å². The van der Waals surface area contributed by atoms with Crippen LogP contribution < -0.4 is 0 Å². The quantitative estimate of drug-likeness (QED) is 0.798. The lowest BCUT2D eigenvalue weighted by Crippen LogP contribution is -2.33. The van der Waals surface area contributed by atoms with E-state index in [0.717, 1.165) is 6.20 Å². The Bertz CT molecular complexity index is 327. The zero-order chi connectivity index (χ0) is 11.3. The topological polar surface area (TPSA) is 53.4 Å². The van der Waals surface area contributed by atoms with Crippen molar-refractivity contribution in [3.05, 3.63) is 29.8 Å². The van der Waals surface area contributed by atoms with Crippen LogP contribution in [0.5, 0.6) is 0 Å². The second-order valence-electron chi connectivity index (χ2n) is 2.97. The number of nitrogens with zero attached hydrogens (tertiary/aromatic N) is 2. The summed E-state index contributed by atoms with van der Waals surface area (Å²) in [6, 6.07) is 2.52. The maximum absolute atomic E-state index is 12.6. The van der Waals surface area contributed by atoms with Crippen molar-refractivity contribution in [3.63, 3.8) is 0 Å². The van der Waals surface area contributed by atoms with Crippen LogP contribution in [0.15, 0.2) is 18.3 Å². The van der Waals surface area contributed by atoms with Gasteiger partial charge in [-0.25, -0.2) is 9.37 Å². The second-order valence-corrected chi connectivity index (χ2v) is 2.97. The number of aliphatic hydroxyl groups excluding tert-OH is 1. The Labute approximate surface area is 87.4 Å². The summed E-state index contributed by atoms with van der Waals surface area (Å²) in [5.74, 6) is -0.775. The van der Waals surface area contributed by atoms with Crippen LogP contribution in [0.4, 0.5) is 4.39 Å². The monoisotopic (exact) mass is 212 g/mol. The van der Waals surface area contributed by atoms with E-state index in [9.17, 15) is 9.18 Å². The SMILES string of the molecule is CCN(CCO)C(=O)c1ccc(F)cn1. The molecule has 0 fully saturated rings. The fourth-order valence-electron chi connectivity index (χ4n) is 1.19. The van der Waals surface area contributed by atoms with Crippen molar-refractivity contribution >= 4 is 5.91 Å². The van der Waals surface area contributed by atoms with Gasteiger partial charge in [-0.1, -0.05) is 0 Å². The summed E-state index contributed by atoms with van der Waals surface area (Å²) in [5, 5.41) is 8.73. The van der Waals surface area contributed by atoms with Gasteiger partial charge in [-0.05, 0) is 19.1 Å². The third-order valence-electron chi connectivity index (χ3n) is 1.99. The minimum absolute atomic E-state index is 0.0965. The van der Waals surface area contributed by atoms with Gasteiger partial charge in [0.25, 0.3) is 5.91 Å². The van der Waals surface area contributed by atoms with Gasteiger partial charge in [-0.15, -0.1) is 0 Å². The first-order valence-corrected chi connectivity index (χ1v) is 4.70. The number of aromatic nitrogens is 1. The van der Waals surface area contributed by atoms with Gasteiger partial charge in [0.1, 0.15) is 11.5 Å². The molecule has 15 heavy (non-hydrogen) atoms. The minimum atomic E-state index is -0.475. The number of likely N-dealkylation sites (N-methyl/N-ethyl adjacent to an activating group) is 1. The van der Waals surface area contributed by atoms with Gasteiger partial charge >= 0.3 is 0 Å². The first-order valence-electron chi connectivity index (χ1n) is 4.70. The highest BCUT2D eigenvalue weighted by molar-refractivity contribution is 5.92. The lowest BCUT2D eigenvalue weighted by Gasteiger charge is -2.18. The Kier molecular flexibility index (Phi) is 4.17. The molecule has 0 unspecified atom stereocenters. The van der Waals surface area contributed by atoms with Gasteiger partial charge in [0, 0.05) is 13.1 Å². The molecule has 82 valence electrons. The number of amides is 1. The van der Waals surface area contributed by atoms with Crippen LogP contribution in [0.25, 0.3) is 0 Å². The van der Waals surface area contributed by atoms with E-state index in [1.54, 1.807) is 6.92 Å². The predicted molar refractivity (Wildman–Crippen MR) is 52.9 cm³/mol. The number of carbonyl (C=O) groups is 1. The largest absolute Gasteiger partial charge is 0.395 e. The van der Waals surface area contributed by atoms with E-state index >= 15 is 0 Å². The predicted octanol–water partition coefficient (Wildman–Crippen LogP) is 0.675. The van der Waals surface area contributed by atoms with Crippen LogP contribution in [0.1, 0.15) is 17.4 Å². The van der Waals surface area contributed by atoms with Gasteiger partial charge in [-0.2, -0.15) is 0 Å². The van der Waals surface area contributed by atoms with Crippen LogP contribution in [-0.4, -0.2) is 40.6 Å². The first kappa shape index (κ1) is 11.6. The molecule has 0 aromatic carbocycles. The number of rotatable bonds is 4. The number of hydrogen-bond donors (Lipinski definition) is 1. The van der Waals surface area contributed by atoms with Crippen LogP contribution in [-0.2, 0) is 0 Å². The minimum Gasteiger partial charge on any atom is -0.395 e. The number of aliphatic hydroxyl groups is 1. The molecule has 1 aromatic rings. The standard InChI is InChI=1S/C10H13FN2O2/c1-2-13(5-6-14)10(15)9-4-3-8(11)7-12-9/h3-4,7,14H,2,5-6H2,1H3. The maximum Gasteiger partial charge on any atom is 0.272 e. The van der Waals surface area contributed by atoms with Crippen molar-refractivity contribution in [3.8, 4) is 0 Å². The van der Waals surface area contributed by atoms with E-state index < -0.39 is 5.82 Å². The van der Waals surface area contributed by atoms with Gasteiger partial charge in [0.2, 0.25) is 0 Å². The Balaban J connectivity index is 2.78. The molecule has 0 saturated carbocycles. The number of pyridine rings is 1. The highest BCUT2D eigenvalue weighted by atomic mass is 19.1. The molecule has 0 radical (unpaired) electrons. The zero-order valence-electron chi connectivity index (χ0n) is 8.48. The Morgan fingerprint density at radius 3 is 2.80 bits per heavy atom. The third kappa shape index (κ3) is 2.99.